The van der Waals surface area contributed by atoms with Crippen LogP contribution >= 0.6 is 12.4 Å². The van der Waals surface area contributed by atoms with Crippen LogP contribution in [0.25, 0.3) is 6.08 Å². The molecule has 0 radical (unpaired) electrons. The molecule has 1 aromatic carbocycles. The molecule has 1 fully saturated rings. The molecular formula is C10H10ClF2N. The van der Waals surface area contributed by atoms with Gasteiger partial charge in [-0.25, -0.2) is 8.78 Å². The maximum absolute atomic E-state index is 13.1. The van der Waals surface area contributed by atoms with Crippen molar-refractivity contribution in [3.05, 3.63) is 41.0 Å². The molecule has 1 heterocycles. The summed E-state index contributed by atoms with van der Waals surface area (Å²) in [6.07, 6.45) is 1.57. The normalized spacial score (nSPS) is 14.3. The lowest BCUT2D eigenvalue weighted by Crippen LogP contribution is -2.33. The van der Waals surface area contributed by atoms with Gasteiger partial charge in [0.1, 0.15) is 11.6 Å². The molecule has 0 spiro atoms. The Balaban J connectivity index is 0.000000980. The third kappa shape index (κ3) is 2.11. The first kappa shape index (κ1) is 11.1. The van der Waals surface area contributed by atoms with Crippen LogP contribution in [0.2, 0.25) is 0 Å². The van der Waals surface area contributed by atoms with Crippen molar-refractivity contribution in [3.63, 3.8) is 0 Å². The summed E-state index contributed by atoms with van der Waals surface area (Å²) >= 11 is 0. The zero-order valence-corrected chi connectivity index (χ0v) is 8.20. The Hall–Kier alpha value is -0.930. The molecule has 1 saturated heterocycles. The molecule has 14 heavy (non-hydrogen) atoms. The van der Waals surface area contributed by atoms with Gasteiger partial charge in [-0.05, 0) is 23.8 Å². The van der Waals surface area contributed by atoms with Gasteiger partial charge in [0, 0.05) is 18.7 Å². The van der Waals surface area contributed by atoms with Gasteiger partial charge in [0.25, 0.3) is 0 Å². The largest absolute Gasteiger partial charge is 0.309 e. The number of hydrogen-bond donors (Lipinski definition) is 1. The number of rotatable bonds is 1. The summed E-state index contributed by atoms with van der Waals surface area (Å²) < 4.78 is 26.1. The van der Waals surface area contributed by atoms with Crippen molar-refractivity contribution in [2.75, 3.05) is 13.1 Å². The van der Waals surface area contributed by atoms with Gasteiger partial charge in [-0.2, -0.15) is 0 Å². The van der Waals surface area contributed by atoms with Crippen molar-refractivity contribution in [1.82, 2.24) is 5.32 Å². The Bertz CT molecular complexity index is 337. The first-order valence-corrected chi connectivity index (χ1v) is 4.11. The highest BCUT2D eigenvalue weighted by atomic mass is 35.5. The van der Waals surface area contributed by atoms with Gasteiger partial charge in [-0.3, -0.25) is 0 Å². The summed E-state index contributed by atoms with van der Waals surface area (Å²) in [7, 11) is 0. The summed E-state index contributed by atoms with van der Waals surface area (Å²) in [4.78, 5) is 0. The molecule has 1 nitrogen and oxygen atoms in total. The lowest BCUT2D eigenvalue weighted by atomic mass is 10.1. The summed E-state index contributed by atoms with van der Waals surface area (Å²) in [5.41, 5.74) is 1.10. The van der Waals surface area contributed by atoms with Gasteiger partial charge in [-0.15, -0.1) is 12.4 Å². The van der Waals surface area contributed by atoms with Gasteiger partial charge >= 0.3 is 0 Å². The molecule has 2 rings (SSSR count). The summed E-state index contributed by atoms with van der Waals surface area (Å²) in [5, 5.41) is 3.01. The highest BCUT2D eigenvalue weighted by Crippen LogP contribution is 2.17. The predicted molar refractivity (Wildman–Crippen MR) is 54.5 cm³/mol. The first-order valence-electron chi connectivity index (χ1n) is 4.11. The Morgan fingerprint density at radius 3 is 2.14 bits per heavy atom. The molecule has 0 atom stereocenters. The van der Waals surface area contributed by atoms with Crippen molar-refractivity contribution in [2.24, 2.45) is 0 Å². The van der Waals surface area contributed by atoms with E-state index in [-0.39, 0.29) is 18.0 Å². The van der Waals surface area contributed by atoms with Gasteiger partial charge in [0.2, 0.25) is 0 Å². The molecule has 1 aliphatic rings. The predicted octanol–water partition coefficient (Wildman–Crippen LogP) is 2.37. The van der Waals surface area contributed by atoms with Gasteiger partial charge in [0.05, 0.1) is 0 Å². The Labute approximate surface area is 87.2 Å². The molecule has 1 aromatic rings. The zero-order valence-electron chi connectivity index (χ0n) is 7.39. The lowest BCUT2D eigenvalue weighted by molar-refractivity contribution is 0.577. The zero-order chi connectivity index (χ0) is 9.26. The van der Waals surface area contributed by atoms with Crippen molar-refractivity contribution >= 4 is 18.5 Å². The third-order valence-electron chi connectivity index (χ3n) is 2.05. The minimum atomic E-state index is -0.501. The van der Waals surface area contributed by atoms with E-state index in [1.165, 1.54) is 18.2 Å². The smallest absolute Gasteiger partial charge is 0.133 e. The average molecular weight is 218 g/mol. The number of halogens is 3. The monoisotopic (exact) mass is 217 g/mol. The molecular weight excluding hydrogens is 208 g/mol. The van der Waals surface area contributed by atoms with Crippen LogP contribution in [0.1, 0.15) is 5.56 Å². The summed E-state index contributed by atoms with van der Waals surface area (Å²) in [5.74, 6) is -1.00. The molecule has 0 bridgehead atoms. The standard InChI is InChI=1S/C10H9F2N.ClH/c11-9-2-1-3-10(12)8(9)4-7-5-13-6-7;/h1-4,13H,5-6H2;1H. The number of hydrogen-bond acceptors (Lipinski definition) is 1. The maximum Gasteiger partial charge on any atom is 0.133 e. The van der Waals surface area contributed by atoms with Crippen LogP contribution in [-0.2, 0) is 0 Å². The molecule has 0 aliphatic carbocycles. The van der Waals surface area contributed by atoms with Crippen molar-refractivity contribution < 1.29 is 8.78 Å². The van der Waals surface area contributed by atoms with Gasteiger partial charge in [-0.1, -0.05) is 6.07 Å². The number of benzene rings is 1. The van der Waals surface area contributed by atoms with Gasteiger partial charge in [0.15, 0.2) is 0 Å². The minimum Gasteiger partial charge on any atom is -0.309 e. The van der Waals surface area contributed by atoms with E-state index in [4.69, 9.17) is 0 Å². The molecule has 0 unspecified atom stereocenters. The van der Waals surface area contributed by atoms with E-state index in [9.17, 15) is 8.78 Å². The quantitative estimate of drug-likeness (QED) is 0.762. The van der Waals surface area contributed by atoms with E-state index in [0.717, 1.165) is 18.7 Å². The second-order valence-electron chi connectivity index (χ2n) is 3.04. The van der Waals surface area contributed by atoms with Crippen LogP contribution < -0.4 is 5.32 Å². The van der Waals surface area contributed by atoms with Crippen LogP contribution in [-0.4, -0.2) is 13.1 Å². The third-order valence-corrected chi connectivity index (χ3v) is 2.05. The van der Waals surface area contributed by atoms with E-state index in [1.54, 1.807) is 6.08 Å². The van der Waals surface area contributed by atoms with Crippen molar-refractivity contribution in [1.29, 1.82) is 0 Å². The molecule has 4 heteroatoms. The van der Waals surface area contributed by atoms with E-state index in [0.29, 0.717) is 0 Å². The SMILES string of the molecule is Cl.Fc1cccc(F)c1C=C1CNC1. The Kier molecular flexibility index (Phi) is 3.61. The van der Waals surface area contributed by atoms with Crippen LogP contribution in [0.15, 0.2) is 23.8 Å². The number of nitrogens with one attached hydrogen (secondary N) is 1. The topological polar surface area (TPSA) is 12.0 Å². The lowest BCUT2D eigenvalue weighted by Gasteiger charge is -2.18. The van der Waals surface area contributed by atoms with Gasteiger partial charge < -0.3 is 5.32 Å². The van der Waals surface area contributed by atoms with Crippen LogP contribution in [0, 0.1) is 11.6 Å². The van der Waals surface area contributed by atoms with E-state index >= 15 is 0 Å². The van der Waals surface area contributed by atoms with Crippen molar-refractivity contribution in [3.8, 4) is 0 Å². The van der Waals surface area contributed by atoms with E-state index in [1.807, 2.05) is 0 Å². The second-order valence-corrected chi connectivity index (χ2v) is 3.04. The van der Waals surface area contributed by atoms with Crippen LogP contribution in [0.4, 0.5) is 8.78 Å². The Morgan fingerprint density at radius 2 is 1.71 bits per heavy atom. The fourth-order valence-corrected chi connectivity index (χ4v) is 1.22. The summed E-state index contributed by atoms with van der Waals surface area (Å²) in [6, 6.07) is 3.90. The molecule has 1 aliphatic heterocycles. The van der Waals surface area contributed by atoms with E-state index < -0.39 is 11.6 Å². The average Bonchev–Trinajstić information content (AvgIpc) is 2.00. The first-order chi connectivity index (χ1) is 6.27. The molecule has 76 valence electrons. The highest BCUT2D eigenvalue weighted by Gasteiger charge is 2.11. The fourth-order valence-electron chi connectivity index (χ4n) is 1.22. The van der Waals surface area contributed by atoms with E-state index in [2.05, 4.69) is 5.32 Å². The summed E-state index contributed by atoms with van der Waals surface area (Å²) in [6.45, 7) is 1.46. The van der Waals surface area contributed by atoms with Crippen LogP contribution in [0.3, 0.4) is 0 Å². The molecule has 0 aromatic heterocycles. The maximum atomic E-state index is 13.1. The highest BCUT2D eigenvalue weighted by molar-refractivity contribution is 5.85. The van der Waals surface area contributed by atoms with Crippen molar-refractivity contribution in [2.45, 2.75) is 0 Å². The van der Waals surface area contributed by atoms with Crippen LogP contribution in [0.5, 0.6) is 0 Å². The Morgan fingerprint density at radius 1 is 1.14 bits per heavy atom. The molecule has 0 amide bonds. The molecule has 1 N–H and O–H groups in total. The fraction of sp³-hybridized carbons (Fsp3) is 0.200. The second kappa shape index (κ2) is 4.53. The minimum absolute atomic E-state index is 0. The molecule has 0 saturated carbocycles.